The lowest BCUT2D eigenvalue weighted by Gasteiger charge is -2.21. The molecule has 1 saturated carbocycles. The molecule has 1 aliphatic carbocycles. The van der Waals surface area contributed by atoms with Crippen molar-refractivity contribution in [2.45, 2.75) is 39.2 Å². The Labute approximate surface area is 146 Å². The average molecular weight is 342 g/mol. The largest absolute Gasteiger partial charge is 0.344 e. The quantitative estimate of drug-likeness (QED) is 0.902. The van der Waals surface area contributed by atoms with Crippen LogP contribution in [0.25, 0.3) is 11.5 Å². The van der Waals surface area contributed by atoms with Crippen LogP contribution in [0.2, 0.25) is 0 Å². The van der Waals surface area contributed by atoms with E-state index < -0.39 is 5.54 Å². The first-order chi connectivity index (χ1) is 11.8. The number of carbonyl (C=O) groups excluding carboxylic acids is 2. The lowest BCUT2D eigenvalue weighted by atomic mass is 10.1. The van der Waals surface area contributed by atoms with Crippen molar-refractivity contribution in [3.8, 4) is 11.5 Å². The number of anilines is 1. The molecule has 0 saturated heterocycles. The SMILES string of the molecule is CC(=O)NC(C)(C)c1noc(-c2ccccc2N(C)C(=O)C2CC2)n1. The molecule has 0 atom stereocenters. The minimum atomic E-state index is -0.752. The van der Waals surface area contributed by atoms with Gasteiger partial charge in [-0.2, -0.15) is 4.98 Å². The predicted molar refractivity (Wildman–Crippen MR) is 92.7 cm³/mol. The van der Waals surface area contributed by atoms with Crippen LogP contribution in [0.3, 0.4) is 0 Å². The lowest BCUT2D eigenvalue weighted by Crippen LogP contribution is -2.40. The summed E-state index contributed by atoms with van der Waals surface area (Å²) in [5.41, 5.74) is 0.668. The number of rotatable bonds is 5. The maximum Gasteiger partial charge on any atom is 0.260 e. The minimum Gasteiger partial charge on any atom is -0.344 e. The van der Waals surface area contributed by atoms with Crippen molar-refractivity contribution in [2.24, 2.45) is 5.92 Å². The molecule has 3 rings (SSSR count). The summed E-state index contributed by atoms with van der Waals surface area (Å²) in [6.07, 6.45) is 1.89. The van der Waals surface area contributed by atoms with Crippen LogP contribution in [0.15, 0.2) is 28.8 Å². The summed E-state index contributed by atoms with van der Waals surface area (Å²) in [6.45, 7) is 5.05. The summed E-state index contributed by atoms with van der Waals surface area (Å²) in [5, 5.41) is 6.80. The van der Waals surface area contributed by atoms with Crippen molar-refractivity contribution in [1.29, 1.82) is 0 Å². The summed E-state index contributed by atoms with van der Waals surface area (Å²) in [4.78, 5) is 29.8. The van der Waals surface area contributed by atoms with Crippen molar-refractivity contribution in [3.63, 3.8) is 0 Å². The number of benzene rings is 1. The van der Waals surface area contributed by atoms with Crippen LogP contribution >= 0.6 is 0 Å². The van der Waals surface area contributed by atoms with Crippen LogP contribution in [0.1, 0.15) is 39.4 Å². The van der Waals surface area contributed by atoms with Gasteiger partial charge < -0.3 is 14.7 Å². The van der Waals surface area contributed by atoms with E-state index in [4.69, 9.17) is 4.52 Å². The van der Waals surface area contributed by atoms with E-state index in [1.165, 1.54) is 6.92 Å². The normalized spacial score (nSPS) is 14.2. The van der Waals surface area contributed by atoms with Gasteiger partial charge in [-0.15, -0.1) is 0 Å². The molecule has 1 aromatic heterocycles. The minimum absolute atomic E-state index is 0.103. The third-order valence-corrected chi connectivity index (χ3v) is 4.23. The average Bonchev–Trinajstić information content (AvgIpc) is 3.28. The molecule has 7 nitrogen and oxygen atoms in total. The van der Waals surface area contributed by atoms with Gasteiger partial charge in [0.1, 0.15) is 0 Å². The highest BCUT2D eigenvalue weighted by atomic mass is 16.5. The highest BCUT2D eigenvalue weighted by Gasteiger charge is 2.34. The predicted octanol–water partition coefficient (Wildman–Crippen LogP) is 2.48. The maximum atomic E-state index is 12.4. The Balaban J connectivity index is 1.93. The molecule has 2 aromatic rings. The molecular weight excluding hydrogens is 320 g/mol. The smallest absolute Gasteiger partial charge is 0.260 e. The Morgan fingerprint density at radius 1 is 1.28 bits per heavy atom. The second-order valence-corrected chi connectivity index (χ2v) is 6.92. The Hall–Kier alpha value is -2.70. The van der Waals surface area contributed by atoms with Crippen molar-refractivity contribution >= 4 is 17.5 Å². The zero-order valence-corrected chi connectivity index (χ0v) is 14.9. The molecule has 0 aliphatic heterocycles. The molecule has 0 bridgehead atoms. The van der Waals surface area contributed by atoms with Gasteiger partial charge in [-0.3, -0.25) is 9.59 Å². The standard InChI is InChI=1S/C18H22N4O3/c1-11(23)20-18(2,3)17-19-15(25-21-17)13-7-5-6-8-14(13)22(4)16(24)12-9-10-12/h5-8,12H,9-10H2,1-4H3,(H,20,23). The highest BCUT2D eigenvalue weighted by molar-refractivity contribution is 5.98. The summed E-state index contributed by atoms with van der Waals surface area (Å²) in [5.74, 6) is 0.746. The number of carbonyl (C=O) groups is 2. The molecule has 1 N–H and O–H groups in total. The van der Waals surface area contributed by atoms with E-state index in [0.717, 1.165) is 18.5 Å². The van der Waals surface area contributed by atoms with Crippen LogP contribution in [0.4, 0.5) is 5.69 Å². The van der Waals surface area contributed by atoms with Crippen molar-refractivity contribution in [3.05, 3.63) is 30.1 Å². The Morgan fingerprint density at radius 3 is 2.60 bits per heavy atom. The molecule has 132 valence electrons. The zero-order valence-electron chi connectivity index (χ0n) is 14.9. The fourth-order valence-corrected chi connectivity index (χ4v) is 2.75. The van der Waals surface area contributed by atoms with E-state index >= 15 is 0 Å². The number of nitrogens with one attached hydrogen (secondary N) is 1. The summed E-state index contributed by atoms with van der Waals surface area (Å²) in [7, 11) is 1.76. The highest BCUT2D eigenvalue weighted by Crippen LogP contribution is 2.35. The Morgan fingerprint density at radius 2 is 1.96 bits per heavy atom. The molecule has 7 heteroatoms. The zero-order chi connectivity index (χ0) is 18.2. The molecule has 1 fully saturated rings. The second-order valence-electron chi connectivity index (χ2n) is 6.92. The fourth-order valence-electron chi connectivity index (χ4n) is 2.75. The van der Waals surface area contributed by atoms with Crippen LogP contribution in [-0.2, 0) is 15.1 Å². The molecule has 1 aliphatic rings. The van der Waals surface area contributed by atoms with Crippen LogP contribution in [0.5, 0.6) is 0 Å². The number of hydrogen-bond donors (Lipinski definition) is 1. The number of nitrogens with zero attached hydrogens (tertiary/aromatic N) is 3. The van der Waals surface area contributed by atoms with Gasteiger partial charge in [0, 0.05) is 19.9 Å². The van der Waals surface area contributed by atoms with Crippen molar-refractivity contribution in [1.82, 2.24) is 15.5 Å². The van der Waals surface area contributed by atoms with E-state index in [1.807, 2.05) is 24.3 Å². The van der Waals surface area contributed by atoms with Crippen LogP contribution < -0.4 is 10.2 Å². The third-order valence-electron chi connectivity index (χ3n) is 4.23. The molecule has 0 unspecified atom stereocenters. The van der Waals surface area contributed by atoms with E-state index in [0.29, 0.717) is 17.3 Å². The lowest BCUT2D eigenvalue weighted by molar-refractivity contribution is -0.121. The van der Waals surface area contributed by atoms with Crippen LogP contribution in [-0.4, -0.2) is 29.0 Å². The summed E-state index contributed by atoms with van der Waals surface area (Å²) in [6, 6.07) is 7.43. The molecule has 1 heterocycles. The van der Waals surface area contributed by atoms with E-state index in [9.17, 15) is 9.59 Å². The summed E-state index contributed by atoms with van der Waals surface area (Å²) >= 11 is 0. The van der Waals surface area contributed by atoms with Crippen molar-refractivity contribution < 1.29 is 14.1 Å². The molecule has 2 amide bonds. The first-order valence-electron chi connectivity index (χ1n) is 8.29. The number of amides is 2. The molecule has 25 heavy (non-hydrogen) atoms. The first kappa shape index (κ1) is 17.1. The molecule has 0 spiro atoms. The number of para-hydroxylation sites is 1. The van der Waals surface area contributed by atoms with Crippen molar-refractivity contribution in [2.75, 3.05) is 11.9 Å². The molecule has 1 aromatic carbocycles. The van der Waals surface area contributed by atoms with Gasteiger partial charge in [0.2, 0.25) is 11.8 Å². The first-order valence-corrected chi connectivity index (χ1v) is 8.29. The van der Waals surface area contributed by atoms with Gasteiger partial charge in [-0.1, -0.05) is 17.3 Å². The Kier molecular flexibility index (Phi) is 4.32. The van der Waals surface area contributed by atoms with Gasteiger partial charge in [-0.25, -0.2) is 0 Å². The Bertz CT molecular complexity index is 808. The van der Waals surface area contributed by atoms with E-state index in [2.05, 4.69) is 15.5 Å². The molecular formula is C18H22N4O3. The number of hydrogen-bond acceptors (Lipinski definition) is 5. The third kappa shape index (κ3) is 3.55. The van der Waals surface area contributed by atoms with Crippen LogP contribution in [0, 0.1) is 5.92 Å². The van der Waals surface area contributed by atoms with Gasteiger partial charge in [-0.05, 0) is 38.8 Å². The van der Waals surface area contributed by atoms with Gasteiger partial charge in [0.05, 0.1) is 16.8 Å². The van der Waals surface area contributed by atoms with Gasteiger partial charge in [0.15, 0.2) is 5.82 Å². The fraction of sp³-hybridized carbons (Fsp3) is 0.444. The summed E-state index contributed by atoms with van der Waals surface area (Å²) < 4.78 is 5.41. The van der Waals surface area contributed by atoms with Gasteiger partial charge >= 0.3 is 0 Å². The van der Waals surface area contributed by atoms with E-state index in [1.54, 1.807) is 25.8 Å². The topological polar surface area (TPSA) is 88.3 Å². The second kappa shape index (κ2) is 6.31. The maximum absolute atomic E-state index is 12.4. The van der Waals surface area contributed by atoms with E-state index in [-0.39, 0.29) is 17.7 Å². The van der Waals surface area contributed by atoms with Gasteiger partial charge in [0.25, 0.3) is 5.89 Å². The number of aromatic nitrogens is 2. The monoisotopic (exact) mass is 342 g/mol. The molecule has 0 radical (unpaired) electrons.